The molecule has 21 heavy (non-hydrogen) atoms. The number of rotatable bonds is 6. The highest BCUT2D eigenvalue weighted by Crippen LogP contribution is 2.21. The van der Waals surface area contributed by atoms with Crippen molar-refractivity contribution in [3.63, 3.8) is 0 Å². The van der Waals surface area contributed by atoms with Crippen LogP contribution in [-0.2, 0) is 9.59 Å². The Morgan fingerprint density at radius 3 is 2.14 bits per heavy atom. The SMILES string of the molecule is N#CCCCC(CC(=O)N1CCCC1)C(=O)N1CCCC1. The minimum Gasteiger partial charge on any atom is -0.343 e. The number of nitrogens with zero attached hydrogens (tertiary/aromatic N) is 3. The first-order valence-corrected chi connectivity index (χ1v) is 8.16. The summed E-state index contributed by atoms with van der Waals surface area (Å²) < 4.78 is 0. The number of carbonyl (C=O) groups is 2. The first-order valence-electron chi connectivity index (χ1n) is 8.16. The molecule has 2 aliphatic heterocycles. The Balaban J connectivity index is 1.91. The Bertz CT molecular complexity index is 404. The van der Waals surface area contributed by atoms with Crippen LogP contribution in [-0.4, -0.2) is 47.8 Å². The van der Waals surface area contributed by atoms with Gasteiger partial charge in [0.05, 0.1) is 6.07 Å². The maximum absolute atomic E-state index is 12.6. The van der Waals surface area contributed by atoms with Gasteiger partial charge >= 0.3 is 0 Å². The first-order chi connectivity index (χ1) is 10.2. The zero-order chi connectivity index (χ0) is 15.1. The molecule has 0 N–H and O–H groups in total. The monoisotopic (exact) mass is 291 g/mol. The molecule has 0 aromatic carbocycles. The molecule has 0 bridgehead atoms. The average Bonchev–Trinajstić information content (AvgIpc) is 3.18. The van der Waals surface area contributed by atoms with Gasteiger partial charge in [-0.05, 0) is 38.5 Å². The molecule has 2 aliphatic rings. The number of nitriles is 1. The van der Waals surface area contributed by atoms with Crippen LogP contribution in [0.3, 0.4) is 0 Å². The second kappa shape index (κ2) is 8.02. The predicted octanol–water partition coefficient (Wildman–Crippen LogP) is 1.93. The lowest BCUT2D eigenvalue weighted by molar-refractivity contribution is -0.140. The van der Waals surface area contributed by atoms with Gasteiger partial charge in [-0.2, -0.15) is 5.26 Å². The van der Waals surface area contributed by atoms with Crippen molar-refractivity contribution in [2.24, 2.45) is 5.92 Å². The second-order valence-electron chi connectivity index (χ2n) is 6.07. The topological polar surface area (TPSA) is 64.4 Å². The predicted molar refractivity (Wildman–Crippen MR) is 79.2 cm³/mol. The number of hydrogen-bond donors (Lipinski definition) is 0. The Morgan fingerprint density at radius 2 is 1.57 bits per heavy atom. The summed E-state index contributed by atoms with van der Waals surface area (Å²) in [5.74, 6) is 0.00420. The summed E-state index contributed by atoms with van der Waals surface area (Å²) in [6, 6.07) is 2.12. The van der Waals surface area contributed by atoms with E-state index in [0.717, 1.165) is 51.9 Å². The number of unbranched alkanes of at least 4 members (excludes halogenated alkanes) is 1. The van der Waals surface area contributed by atoms with Crippen LogP contribution in [0.4, 0.5) is 0 Å². The van der Waals surface area contributed by atoms with Gasteiger partial charge in [0.25, 0.3) is 0 Å². The Morgan fingerprint density at radius 1 is 1.00 bits per heavy atom. The molecule has 0 aromatic heterocycles. The van der Waals surface area contributed by atoms with Crippen molar-refractivity contribution in [1.29, 1.82) is 5.26 Å². The molecule has 0 saturated carbocycles. The Kier molecular flexibility index (Phi) is 6.04. The van der Waals surface area contributed by atoms with Crippen molar-refractivity contribution >= 4 is 11.8 Å². The fourth-order valence-electron chi connectivity index (χ4n) is 3.24. The highest BCUT2D eigenvalue weighted by molar-refractivity contribution is 5.86. The highest BCUT2D eigenvalue weighted by atomic mass is 16.2. The molecule has 2 saturated heterocycles. The molecule has 0 spiro atoms. The van der Waals surface area contributed by atoms with Gasteiger partial charge in [-0.3, -0.25) is 9.59 Å². The molecule has 0 aromatic rings. The smallest absolute Gasteiger partial charge is 0.226 e. The fourth-order valence-corrected chi connectivity index (χ4v) is 3.24. The van der Waals surface area contributed by atoms with Gasteiger partial charge < -0.3 is 9.80 Å². The van der Waals surface area contributed by atoms with Crippen molar-refractivity contribution in [3.8, 4) is 6.07 Å². The maximum Gasteiger partial charge on any atom is 0.226 e. The zero-order valence-corrected chi connectivity index (χ0v) is 12.7. The average molecular weight is 291 g/mol. The molecular formula is C16H25N3O2. The van der Waals surface area contributed by atoms with E-state index in [1.807, 2.05) is 9.80 Å². The van der Waals surface area contributed by atoms with Crippen molar-refractivity contribution < 1.29 is 9.59 Å². The van der Waals surface area contributed by atoms with Crippen LogP contribution in [0, 0.1) is 17.2 Å². The van der Waals surface area contributed by atoms with E-state index in [2.05, 4.69) is 6.07 Å². The van der Waals surface area contributed by atoms with E-state index < -0.39 is 0 Å². The standard InChI is InChI=1S/C16H25N3O2/c17-8-2-1-7-14(16(21)19-11-5-6-12-19)13-15(20)18-9-3-4-10-18/h14H,1-7,9-13H2. The van der Waals surface area contributed by atoms with Gasteiger partial charge in [0, 0.05) is 44.9 Å². The van der Waals surface area contributed by atoms with E-state index in [4.69, 9.17) is 5.26 Å². The molecule has 0 radical (unpaired) electrons. The maximum atomic E-state index is 12.6. The van der Waals surface area contributed by atoms with Crippen LogP contribution < -0.4 is 0 Å². The molecule has 1 unspecified atom stereocenters. The normalized spacial score (nSPS) is 19.6. The molecule has 2 rings (SSSR count). The summed E-state index contributed by atoms with van der Waals surface area (Å²) in [6.07, 6.45) is 6.42. The van der Waals surface area contributed by atoms with Crippen LogP contribution in [0.25, 0.3) is 0 Å². The van der Waals surface area contributed by atoms with Gasteiger partial charge in [0.2, 0.25) is 11.8 Å². The van der Waals surface area contributed by atoms with Crippen molar-refractivity contribution in [1.82, 2.24) is 9.80 Å². The summed E-state index contributed by atoms with van der Waals surface area (Å²) in [4.78, 5) is 28.6. The molecule has 5 nitrogen and oxygen atoms in total. The molecule has 5 heteroatoms. The van der Waals surface area contributed by atoms with Crippen molar-refractivity contribution in [2.45, 2.75) is 51.4 Å². The fraction of sp³-hybridized carbons (Fsp3) is 0.812. The van der Waals surface area contributed by atoms with Crippen molar-refractivity contribution in [2.75, 3.05) is 26.2 Å². The lowest BCUT2D eigenvalue weighted by atomic mass is 9.96. The largest absolute Gasteiger partial charge is 0.343 e. The molecule has 2 heterocycles. The van der Waals surface area contributed by atoms with E-state index in [0.29, 0.717) is 25.7 Å². The zero-order valence-electron chi connectivity index (χ0n) is 12.7. The Hall–Kier alpha value is -1.57. The number of amides is 2. The lowest BCUT2D eigenvalue weighted by Gasteiger charge is -2.24. The molecule has 116 valence electrons. The third-order valence-electron chi connectivity index (χ3n) is 4.49. The minimum absolute atomic E-state index is 0.113. The number of likely N-dealkylation sites (tertiary alicyclic amines) is 2. The molecule has 0 aliphatic carbocycles. The first kappa shape index (κ1) is 15.8. The van der Waals surface area contributed by atoms with E-state index in [1.54, 1.807) is 0 Å². The van der Waals surface area contributed by atoms with Crippen LogP contribution in [0.2, 0.25) is 0 Å². The molecule has 1 atom stereocenters. The third-order valence-corrected chi connectivity index (χ3v) is 4.49. The molecule has 2 fully saturated rings. The summed E-state index contributed by atoms with van der Waals surface area (Å²) in [5, 5.41) is 8.66. The number of hydrogen-bond acceptors (Lipinski definition) is 3. The van der Waals surface area contributed by atoms with E-state index in [9.17, 15) is 9.59 Å². The second-order valence-corrected chi connectivity index (χ2v) is 6.07. The van der Waals surface area contributed by atoms with E-state index >= 15 is 0 Å². The summed E-state index contributed by atoms with van der Waals surface area (Å²) in [7, 11) is 0. The Labute approximate surface area is 126 Å². The van der Waals surface area contributed by atoms with Crippen LogP contribution in [0.1, 0.15) is 51.4 Å². The van der Waals surface area contributed by atoms with Gasteiger partial charge in [-0.15, -0.1) is 0 Å². The van der Waals surface area contributed by atoms with Gasteiger partial charge in [0.1, 0.15) is 0 Å². The quantitative estimate of drug-likeness (QED) is 0.702. The van der Waals surface area contributed by atoms with Crippen molar-refractivity contribution in [3.05, 3.63) is 0 Å². The minimum atomic E-state index is -0.232. The third kappa shape index (κ3) is 4.45. The van der Waals surface area contributed by atoms with Crippen LogP contribution in [0.5, 0.6) is 0 Å². The number of carbonyl (C=O) groups excluding carboxylic acids is 2. The van der Waals surface area contributed by atoms with Crippen LogP contribution >= 0.6 is 0 Å². The van der Waals surface area contributed by atoms with Crippen LogP contribution in [0.15, 0.2) is 0 Å². The van der Waals surface area contributed by atoms with Gasteiger partial charge in [0.15, 0.2) is 0 Å². The molecular weight excluding hydrogens is 266 g/mol. The van der Waals surface area contributed by atoms with E-state index in [-0.39, 0.29) is 17.7 Å². The molecule has 2 amide bonds. The summed E-state index contributed by atoms with van der Waals surface area (Å²) in [5.41, 5.74) is 0. The summed E-state index contributed by atoms with van der Waals surface area (Å²) in [6.45, 7) is 3.32. The van der Waals surface area contributed by atoms with Gasteiger partial charge in [-0.1, -0.05) is 0 Å². The van der Waals surface area contributed by atoms with E-state index in [1.165, 1.54) is 0 Å². The lowest BCUT2D eigenvalue weighted by Crippen LogP contribution is -2.37. The summed E-state index contributed by atoms with van der Waals surface area (Å²) >= 11 is 0. The highest BCUT2D eigenvalue weighted by Gasteiger charge is 2.30. The van der Waals surface area contributed by atoms with Gasteiger partial charge in [-0.25, -0.2) is 0 Å².